The van der Waals surface area contributed by atoms with E-state index in [1.807, 2.05) is 0 Å². The molecular weight excluding hydrogens is 454 g/mol. The molecule has 0 aliphatic carbocycles. The summed E-state index contributed by atoms with van der Waals surface area (Å²) in [6, 6.07) is 18.7. The van der Waals surface area contributed by atoms with Gasteiger partial charge in [-0.15, -0.1) is 0 Å². The van der Waals surface area contributed by atoms with Crippen LogP contribution >= 0.6 is 15.9 Å². The lowest BCUT2D eigenvalue weighted by Gasteiger charge is -2.06. The lowest BCUT2D eigenvalue weighted by Crippen LogP contribution is -2.17. The van der Waals surface area contributed by atoms with Crippen LogP contribution in [-0.2, 0) is 0 Å². The van der Waals surface area contributed by atoms with Gasteiger partial charge in [-0.05, 0) is 70.0 Å². The van der Waals surface area contributed by atoms with E-state index >= 15 is 0 Å². The lowest BCUT2D eigenvalue weighted by molar-refractivity contribution is -0.384. The van der Waals surface area contributed by atoms with Gasteiger partial charge in [-0.25, -0.2) is 10.2 Å². The summed E-state index contributed by atoms with van der Waals surface area (Å²) in [5.41, 5.74) is 3.56. The van der Waals surface area contributed by atoms with Crippen LogP contribution < -0.4 is 10.2 Å². The van der Waals surface area contributed by atoms with Gasteiger partial charge in [0.25, 0.3) is 11.6 Å². The molecule has 0 saturated carbocycles. The summed E-state index contributed by atoms with van der Waals surface area (Å²) < 4.78 is 5.97. The van der Waals surface area contributed by atoms with Crippen molar-refractivity contribution in [1.82, 2.24) is 5.43 Å². The molecule has 0 bridgehead atoms. The minimum absolute atomic E-state index is 0.101. The fraction of sp³-hybridized carbons (Fsp3) is 0. The number of nitrogens with zero attached hydrogens (tertiary/aromatic N) is 2. The molecule has 8 nitrogen and oxygen atoms in total. The first-order valence-electron chi connectivity index (χ1n) is 8.58. The van der Waals surface area contributed by atoms with E-state index in [0.29, 0.717) is 21.3 Å². The zero-order chi connectivity index (χ0) is 21.5. The monoisotopic (exact) mass is 467 g/mol. The summed E-state index contributed by atoms with van der Waals surface area (Å²) in [6.45, 7) is 0. The molecule has 1 N–H and O–H groups in total. The van der Waals surface area contributed by atoms with Crippen LogP contribution in [0, 0.1) is 10.1 Å². The molecule has 0 aromatic heterocycles. The predicted octanol–water partition coefficient (Wildman–Crippen LogP) is 4.34. The van der Waals surface area contributed by atoms with Gasteiger partial charge in [-0.3, -0.25) is 14.9 Å². The molecule has 0 heterocycles. The molecule has 150 valence electrons. The van der Waals surface area contributed by atoms with Gasteiger partial charge in [0.1, 0.15) is 5.75 Å². The van der Waals surface area contributed by atoms with E-state index < -0.39 is 16.8 Å². The van der Waals surface area contributed by atoms with Crippen molar-refractivity contribution in [3.8, 4) is 5.75 Å². The van der Waals surface area contributed by atoms with E-state index in [1.54, 1.807) is 48.5 Å². The van der Waals surface area contributed by atoms with Crippen molar-refractivity contribution in [2.75, 3.05) is 0 Å². The predicted molar refractivity (Wildman–Crippen MR) is 114 cm³/mol. The average Bonchev–Trinajstić information content (AvgIpc) is 2.75. The molecule has 3 aromatic rings. The van der Waals surface area contributed by atoms with Gasteiger partial charge in [0.15, 0.2) is 0 Å². The van der Waals surface area contributed by atoms with E-state index in [1.165, 1.54) is 30.5 Å². The van der Waals surface area contributed by atoms with Gasteiger partial charge in [0, 0.05) is 22.2 Å². The summed E-state index contributed by atoms with van der Waals surface area (Å²) in [7, 11) is 0. The highest BCUT2D eigenvalue weighted by Gasteiger charge is 2.12. The number of hydrazone groups is 1. The van der Waals surface area contributed by atoms with Crippen molar-refractivity contribution in [2.24, 2.45) is 5.10 Å². The summed E-state index contributed by atoms with van der Waals surface area (Å²) >= 11 is 3.31. The first kappa shape index (κ1) is 20.9. The third kappa shape index (κ3) is 5.36. The second kappa shape index (κ2) is 9.57. The number of non-ortho nitro benzene ring substituents is 1. The zero-order valence-electron chi connectivity index (χ0n) is 15.3. The van der Waals surface area contributed by atoms with Crippen LogP contribution in [0.2, 0.25) is 0 Å². The van der Waals surface area contributed by atoms with Crippen LogP contribution in [0.4, 0.5) is 5.69 Å². The minimum atomic E-state index is -0.542. The van der Waals surface area contributed by atoms with Crippen LogP contribution in [0.25, 0.3) is 0 Å². The topological polar surface area (TPSA) is 111 Å². The fourth-order valence-electron chi connectivity index (χ4n) is 2.38. The normalized spacial score (nSPS) is 10.6. The number of nitro benzene ring substituents is 1. The first-order chi connectivity index (χ1) is 14.4. The van der Waals surface area contributed by atoms with Crippen molar-refractivity contribution in [3.63, 3.8) is 0 Å². The molecular formula is C21H14BrN3O5. The van der Waals surface area contributed by atoms with E-state index in [4.69, 9.17) is 4.74 Å². The highest BCUT2D eigenvalue weighted by atomic mass is 79.9. The second-order valence-electron chi connectivity index (χ2n) is 5.94. The average molecular weight is 468 g/mol. The molecule has 1 amide bonds. The second-order valence-corrected chi connectivity index (χ2v) is 6.80. The zero-order valence-corrected chi connectivity index (χ0v) is 16.9. The number of ether oxygens (including phenoxy) is 1. The number of carbonyl (C=O) groups is 2. The summed E-state index contributed by atoms with van der Waals surface area (Å²) in [5.74, 6) is -0.623. The minimum Gasteiger partial charge on any atom is -0.423 e. The molecule has 0 atom stereocenters. The number of carbonyl (C=O) groups excluding carboxylic acids is 2. The number of halogens is 1. The molecule has 0 aliphatic heterocycles. The van der Waals surface area contributed by atoms with Crippen molar-refractivity contribution in [1.29, 1.82) is 0 Å². The number of rotatable bonds is 6. The largest absolute Gasteiger partial charge is 0.423 e. The molecule has 30 heavy (non-hydrogen) atoms. The van der Waals surface area contributed by atoms with Crippen LogP contribution in [0.1, 0.15) is 26.3 Å². The highest BCUT2D eigenvalue weighted by Crippen LogP contribution is 2.19. The Morgan fingerprint density at radius 3 is 2.30 bits per heavy atom. The van der Waals surface area contributed by atoms with Gasteiger partial charge >= 0.3 is 5.97 Å². The Bertz CT molecular complexity index is 1110. The van der Waals surface area contributed by atoms with Gasteiger partial charge < -0.3 is 4.74 Å². The lowest BCUT2D eigenvalue weighted by atomic mass is 10.2. The summed E-state index contributed by atoms with van der Waals surface area (Å²) in [6.07, 6.45) is 1.42. The molecule has 0 unspecified atom stereocenters. The van der Waals surface area contributed by atoms with Crippen LogP contribution in [0.15, 0.2) is 82.4 Å². The van der Waals surface area contributed by atoms with Gasteiger partial charge in [-0.2, -0.15) is 5.10 Å². The van der Waals surface area contributed by atoms with Crippen LogP contribution in [0.5, 0.6) is 5.75 Å². The van der Waals surface area contributed by atoms with Gasteiger partial charge in [0.2, 0.25) is 0 Å². The van der Waals surface area contributed by atoms with E-state index in [-0.39, 0.29) is 11.3 Å². The van der Waals surface area contributed by atoms with Crippen LogP contribution in [-0.4, -0.2) is 23.0 Å². The highest BCUT2D eigenvalue weighted by molar-refractivity contribution is 9.10. The molecule has 0 fully saturated rings. The maximum atomic E-state index is 12.2. The Morgan fingerprint density at radius 2 is 1.67 bits per heavy atom. The number of nitro groups is 1. The Morgan fingerprint density at radius 1 is 1.00 bits per heavy atom. The summed E-state index contributed by atoms with van der Waals surface area (Å²) in [5, 5.41) is 14.5. The number of hydrogen-bond acceptors (Lipinski definition) is 6. The first-order valence-corrected chi connectivity index (χ1v) is 9.38. The Balaban J connectivity index is 1.56. The van der Waals surface area contributed by atoms with Gasteiger partial charge in [0.05, 0.1) is 16.7 Å². The summed E-state index contributed by atoms with van der Waals surface area (Å²) in [4.78, 5) is 34.3. The Labute approximate surface area is 179 Å². The van der Waals surface area contributed by atoms with E-state index in [9.17, 15) is 19.7 Å². The van der Waals surface area contributed by atoms with Crippen molar-refractivity contribution in [2.45, 2.75) is 0 Å². The smallest absolute Gasteiger partial charge is 0.344 e. The number of benzene rings is 3. The molecule has 0 saturated heterocycles. The van der Waals surface area contributed by atoms with E-state index in [2.05, 4.69) is 26.5 Å². The number of nitrogens with one attached hydrogen (secondary N) is 1. The maximum absolute atomic E-state index is 12.2. The molecule has 0 radical (unpaired) electrons. The molecule has 9 heteroatoms. The van der Waals surface area contributed by atoms with E-state index in [0.717, 1.165) is 0 Å². The van der Waals surface area contributed by atoms with Crippen molar-refractivity contribution in [3.05, 3.63) is 104 Å². The third-order valence-corrected chi connectivity index (χ3v) is 4.60. The number of amides is 1. The van der Waals surface area contributed by atoms with Crippen molar-refractivity contribution >= 4 is 39.7 Å². The molecule has 0 aliphatic rings. The third-order valence-electron chi connectivity index (χ3n) is 3.90. The number of esters is 1. The Kier molecular flexibility index (Phi) is 6.66. The van der Waals surface area contributed by atoms with Crippen molar-refractivity contribution < 1.29 is 19.2 Å². The molecule has 3 rings (SSSR count). The standard InChI is InChI=1S/C21H14BrN3O5/c22-19-4-2-1-3-18(19)21(27)30-17-11-5-14(6-12-17)13-23-24-20(26)15-7-9-16(10-8-15)25(28)29/h1-13H,(H,24,26)/b23-13+. The number of hydrogen-bond donors (Lipinski definition) is 1. The van der Waals surface area contributed by atoms with Crippen LogP contribution in [0.3, 0.4) is 0 Å². The molecule has 0 spiro atoms. The molecule has 3 aromatic carbocycles. The fourth-order valence-corrected chi connectivity index (χ4v) is 2.82. The SMILES string of the molecule is O=C(N/N=C/c1ccc(OC(=O)c2ccccc2Br)cc1)c1ccc([N+](=O)[O-])cc1. The quantitative estimate of drug-likeness (QED) is 0.190. The Hall–Kier alpha value is -3.85. The maximum Gasteiger partial charge on any atom is 0.344 e. The van der Waals surface area contributed by atoms with Gasteiger partial charge in [-0.1, -0.05) is 12.1 Å².